The Morgan fingerprint density at radius 2 is 2.50 bits per heavy atom. The molecule has 0 saturated heterocycles. The SMILES string of the molecule is CCC(C)NCCc1ccn[nH]1. The number of hydrogen-bond donors (Lipinski definition) is 2. The molecule has 0 radical (unpaired) electrons. The highest BCUT2D eigenvalue weighted by Gasteiger charge is 1.97. The lowest BCUT2D eigenvalue weighted by Crippen LogP contribution is -2.27. The molecule has 1 rings (SSSR count). The van der Waals surface area contributed by atoms with Crippen LogP contribution in [0.2, 0.25) is 0 Å². The van der Waals surface area contributed by atoms with E-state index >= 15 is 0 Å². The monoisotopic (exact) mass is 167 g/mol. The summed E-state index contributed by atoms with van der Waals surface area (Å²) in [4.78, 5) is 0. The number of aromatic amines is 1. The van der Waals surface area contributed by atoms with Gasteiger partial charge in [-0.2, -0.15) is 5.10 Å². The van der Waals surface area contributed by atoms with Gasteiger partial charge in [0.1, 0.15) is 0 Å². The quantitative estimate of drug-likeness (QED) is 0.694. The molecule has 0 saturated carbocycles. The predicted octanol–water partition coefficient (Wildman–Crippen LogP) is 1.34. The van der Waals surface area contributed by atoms with Gasteiger partial charge in [0.2, 0.25) is 0 Å². The molecule has 1 aromatic heterocycles. The molecule has 68 valence electrons. The zero-order valence-electron chi connectivity index (χ0n) is 7.80. The van der Waals surface area contributed by atoms with Gasteiger partial charge >= 0.3 is 0 Å². The fraction of sp³-hybridized carbons (Fsp3) is 0.667. The Hall–Kier alpha value is -0.830. The molecule has 0 aliphatic rings. The molecular weight excluding hydrogens is 150 g/mol. The van der Waals surface area contributed by atoms with Crippen LogP contribution in [0, 0.1) is 0 Å². The van der Waals surface area contributed by atoms with Gasteiger partial charge in [-0.3, -0.25) is 5.10 Å². The van der Waals surface area contributed by atoms with Crippen LogP contribution in [0.25, 0.3) is 0 Å². The van der Waals surface area contributed by atoms with E-state index in [0.717, 1.165) is 13.0 Å². The summed E-state index contributed by atoms with van der Waals surface area (Å²) in [6.45, 7) is 5.41. The van der Waals surface area contributed by atoms with Crippen LogP contribution in [-0.2, 0) is 6.42 Å². The molecule has 1 heterocycles. The fourth-order valence-electron chi connectivity index (χ4n) is 1.02. The maximum Gasteiger partial charge on any atom is 0.0490 e. The van der Waals surface area contributed by atoms with Crippen LogP contribution in [0.5, 0.6) is 0 Å². The predicted molar refractivity (Wildman–Crippen MR) is 50.0 cm³/mol. The van der Waals surface area contributed by atoms with E-state index in [0.29, 0.717) is 6.04 Å². The summed E-state index contributed by atoms with van der Waals surface area (Å²) < 4.78 is 0. The Morgan fingerprint density at radius 1 is 1.67 bits per heavy atom. The summed E-state index contributed by atoms with van der Waals surface area (Å²) in [5.74, 6) is 0. The van der Waals surface area contributed by atoms with Crippen molar-refractivity contribution in [3.05, 3.63) is 18.0 Å². The zero-order valence-corrected chi connectivity index (χ0v) is 7.80. The summed E-state index contributed by atoms with van der Waals surface area (Å²) in [6.07, 6.45) is 4.01. The minimum absolute atomic E-state index is 0.618. The number of H-pyrrole nitrogens is 1. The largest absolute Gasteiger partial charge is 0.314 e. The van der Waals surface area contributed by atoms with E-state index < -0.39 is 0 Å². The van der Waals surface area contributed by atoms with Gasteiger partial charge in [0, 0.05) is 30.9 Å². The second-order valence-corrected chi connectivity index (χ2v) is 3.10. The van der Waals surface area contributed by atoms with Gasteiger partial charge in [-0.25, -0.2) is 0 Å². The molecule has 0 aromatic carbocycles. The first-order valence-corrected chi connectivity index (χ1v) is 4.54. The van der Waals surface area contributed by atoms with Gasteiger partial charge in [0.05, 0.1) is 0 Å². The smallest absolute Gasteiger partial charge is 0.0490 e. The first-order chi connectivity index (χ1) is 5.83. The lowest BCUT2D eigenvalue weighted by atomic mass is 10.2. The Balaban J connectivity index is 2.11. The first kappa shape index (κ1) is 9.26. The Labute approximate surface area is 73.6 Å². The topological polar surface area (TPSA) is 40.7 Å². The normalized spacial score (nSPS) is 13.2. The van der Waals surface area contributed by atoms with Gasteiger partial charge in [0.25, 0.3) is 0 Å². The van der Waals surface area contributed by atoms with E-state index in [9.17, 15) is 0 Å². The lowest BCUT2D eigenvalue weighted by molar-refractivity contribution is 0.535. The molecule has 1 unspecified atom stereocenters. The van der Waals surface area contributed by atoms with Crippen molar-refractivity contribution in [2.75, 3.05) is 6.54 Å². The molecule has 2 N–H and O–H groups in total. The van der Waals surface area contributed by atoms with Crippen LogP contribution in [0.15, 0.2) is 12.3 Å². The van der Waals surface area contributed by atoms with Crippen molar-refractivity contribution in [1.29, 1.82) is 0 Å². The molecule has 0 aliphatic heterocycles. The van der Waals surface area contributed by atoms with Crippen LogP contribution >= 0.6 is 0 Å². The average molecular weight is 167 g/mol. The standard InChI is InChI=1S/C9H17N3/c1-3-8(2)10-6-4-9-5-7-11-12-9/h5,7-8,10H,3-4,6H2,1-2H3,(H,11,12). The third-order valence-electron chi connectivity index (χ3n) is 2.06. The molecule has 0 bridgehead atoms. The summed E-state index contributed by atoms with van der Waals surface area (Å²) in [5.41, 5.74) is 1.20. The van der Waals surface area contributed by atoms with Gasteiger partial charge in [-0.05, 0) is 19.4 Å². The second-order valence-electron chi connectivity index (χ2n) is 3.10. The van der Waals surface area contributed by atoms with E-state index in [1.54, 1.807) is 6.20 Å². The summed E-state index contributed by atoms with van der Waals surface area (Å²) in [5, 5.41) is 10.2. The summed E-state index contributed by atoms with van der Waals surface area (Å²) >= 11 is 0. The molecule has 12 heavy (non-hydrogen) atoms. The average Bonchev–Trinajstić information content (AvgIpc) is 2.57. The highest BCUT2D eigenvalue weighted by atomic mass is 15.1. The van der Waals surface area contributed by atoms with E-state index in [1.165, 1.54) is 12.1 Å². The molecule has 1 aromatic rings. The van der Waals surface area contributed by atoms with Crippen LogP contribution in [-0.4, -0.2) is 22.8 Å². The molecule has 0 spiro atoms. The van der Waals surface area contributed by atoms with Crippen LogP contribution in [0.3, 0.4) is 0 Å². The maximum atomic E-state index is 3.89. The molecule has 0 aliphatic carbocycles. The Morgan fingerprint density at radius 3 is 3.08 bits per heavy atom. The number of nitrogens with one attached hydrogen (secondary N) is 2. The van der Waals surface area contributed by atoms with Gasteiger partial charge in [-0.15, -0.1) is 0 Å². The molecule has 3 nitrogen and oxygen atoms in total. The number of hydrogen-bond acceptors (Lipinski definition) is 2. The molecule has 0 amide bonds. The molecular formula is C9H17N3. The number of aromatic nitrogens is 2. The van der Waals surface area contributed by atoms with E-state index in [1.807, 2.05) is 6.07 Å². The maximum absolute atomic E-state index is 3.89. The van der Waals surface area contributed by atoms with Gasteiger partial charge < -0.3 is 5.32 Å². The van der Waals surface area contributed by atoms with Crippen molar-refractivity contribution < 1.29 is 0 Å². The van der Waals surface area contributed by atoms with Crippen molar-refractivity contribution in [2.24, 2.45) is 0 Å². The van der Waals surface area contributed by atoms with Crippen LogP contribution < -0.4 is 5.32 Å². The highest BCUT2D eigenvalue weighted by molar-refractivity contribution is 4.97. The van der Waals surface area contributed by atoms with Crippen molar-refractivity contribution >= 4 is 0 Å². The van der Waals surface area contributed by atoms with E-state index in [-0.39, 0.29) is 0 Å². The van der Waals surface area contributed by atoms with Crippen molar-refractivity contribution in [3.63, 3.8) is 0 Å². The van der Waals surface area contributed by atoms with Crippen LogP contribution in [0.1, 0.15) is 26.0 Å². The summed E-state index contributed by atoms with van der Waals surface area (Å²) in [7, 11) is 0. The minimum Gasteiger partial charge on any atom is -0.314 e. The van der Waals surface area contributed by atoms with Crippen LogP contribution in [0.4, 0.5) is 0 Å². The summed E-state index contributed by atoms with van der Waals surface area (Å²) in [6, 6.07) is 2.63. The molecule has 1 atom stereocenters. The van der Waals surface area contributed by atoms with Crippen molar-refractivity contribution in [2.45, 2.75) is 32.7 Å². The van der Waals surface area contributed by atoms with Crippen molar-refractivity contribution in [3.8, 4) is 0 Å². The highest BCUT2D eigenvalue weighted by Crippen LogP contribution is 1.93. The third-order valence-corrected chi connectivity index (χ3v) is 2.06. The molecule has 0 fully saturated rings. The second kappa shape index (κ2) is 4.93. The Bertz CT molecular complexity index is 194. The zero-order chi connectivity index (χ0) is 8.81. The lowest BCUT2D eigenvalue weighted by Gasteiger charge is -2.09. The van der Waals surface area contributed by atoms with E-state index in [4.69, 9.17) is 0 Å². The Kier molecular flexibility index (Phi) is 3.80. The van der Waals surface area contributed by atoms with Gasteiger partial charge in [-0.1, -0.05) is 6.92 Å². The third kappa shape index (κ3) is 3.05. The van der Waals surface area contributed by atoms with Crippen molar-refractivity contribution in [1.82, 2.24) is 15.5 Å². The first-order valence-electron chi connectivity index (χ1n) is 4.54. The van der Waals surface area contributed by atoms with E-state index in [2.05, 4.69) is 29.4 Å². The van der Waals surface area contributed by atoms with Gasteiger partial charge in [0.15, 0.2) is 0 Å². The fourth-order valence-corrected chi connectivity index (χ4v) is 1.02. The molecule has 3 heteroatoms. The minimum atomic E-state index is 0.618. The number of nitrogens with zero attached hydrogens (tertiary/aromatic N) is 1. The number of rotatable bonds is 5.